The van der Waals surface area contributed by atoms with E-state index in [-0.39, 0.29) is 17.5 Å². The van der Waals surface area contributed by atoms with E-state index in [1.807, 2.05) is 0 Å². The average molecular weight is 254 g/mol. The van der Waals surface area contributed by atoms with Crippen LogP contribution in [0.2, 0.25) is 0 Å². The van der Waals surface area contributed by atoms with E-state index >= 15 is 0 Å². The minimum Gasteiger partial charge on any atom is -0.461 e. The smallest absolute Gasteiger partial charge is 0.357 e. The fourth-order valence-electron chi connectivity index (χ4n) is 1.51. The molecule has 6 heteroatoms. The van der Waals surface area contributed by atoms with Gasteiger partial charge in [0.25, 0.3) is 0 Å². The number of esters is 1. The largest absolute Gasteiger partial charge is 0.461 e. The summed E-state index contributed by atoms with van der Waals surface area (Å²) in [6.45, 7) is 2.06. The van der Waals surface area contributed by atoms with Gasteiger partial charge in [0, 0.05) is 11.3 Å². The Morgan fingerprint density at radius 1 is 1.59 bits per heavy atom. The molecule has 1 aliphatic rings. The number of rotatable bonds is 4. The van der Waals surface area contributed by atoms with E-state index in [1.165, 1.54) is 11.3 Å². The maximum absolute atomic E-state index is 11.6. The zero-order valence-electron chi connectivity index (χ0n) is 9.56. The maximum atomic E-state index is 11.6. The van der Waals surface area contributed by atoms with Gasteiger partial charge in [0.2, 0.25) is 5.91 Å². The van der Waals surface area contributed by atoms with Crippen molar-refractivity contribution in [1.29, 1.82) is 0 Å². The average Bonchev–Trinajstić information content (AvgIpc) is 2.63. The molecule has 1 fully saturated rings. The minimum absolute atomic E-state index is 0.000934. The molecule has 0 atom stereocenters. The lowest BCUT2D eigenvalue weighted by Crippen LogP contribution is -2.28. The van der Waals surface area contributed by atoms with Crippen molar-refractivity contribution in [2.24, 2.45) is 5.92 Å². The number of nitrogens with one attached hydrogen (secondary N) is 1. The minimum atomic E-state index is -0.451. The van der Waals surface area contributed by atoms with E-state index in [1.54, 1.807) is 12.3 Å². The molecular formula is C11H14N2O3S. The zero-order valence-corrected chi connectivity index (χ0v) is 10.4. The predicted molar refractivity (Wildman–Crippen MR) is 64.0 cm³/mol. The summed E-state index contributed by atoms with van der Waals surface area (Å²) in [7, 11) is 0. The zero-order chi connectivity index (χ0) is 12.3. The molecule has 0 radical (unpaired) electrons. The third-order valence-corrected chi connectivity index (χ3v) is 3.45. The summed E-state index contributed by atoms with van der Waals surface area (Å²) in [5, 5.41) is 4.78. The quantitative estimate of drug-likeness (QED) is 0.835. The Hall–Kier alpha value is -1.43. The van der Waals surface area contributed by atoms with Crippen molar-refractivity contribution >= 4 is 28.3 Å². The Balaban J connectivity index is 1.93. The molecule has 0 bridgehead atoms. The van der Waals surface area contributed by atoms with Crippen LogP contribution in [0, 0.1) is 5.92 Å². The molecule has 2 rings (SSSR count). The summed E-state index contributed by atoms with van der Waals surface area (Å²) in [5.41, 5.74) is 0.251. The molecule has 0 spiro atoms. The lowest BCUT2D eigenvalue weighted by Gasteiger charge is -2.23. The van der Waals surface area contributed by atoms with Gasteiger partial charge in [-0.3, -0.25) is 4.79 Å². The highest BCUT2D eigenvalue weighted by molar-refractivity contribution is 7.14. The molecule has 92 valence electrons. The van der Waals surface area contributed by atoms with E-state index in [0.717, 1.165) is 19.3 Å². The Kier molecular flexibility index (Phi) is 3.73. The van der Waals surface area contributed by atoms with Gasteiger partial charge in [-0.2, -0.15) is 0 Å². The molecule has 0 saturated heterocycles. The van der Waals surface area contributed by atoms with Gasteiger partial charge < -0.3 is 10.1 Å². The van der Waals surface area contributed by atoms with Gasteiger partial charge in [-0.1, -0.05) is 6.42 Å². The molecule has 0 aliphatic heterocycles. The fourth-order valence-corrected chi connectivity index (χ4v) is 2.19. The highest BCUT2D eigenvalue weighted by Crippen LogP contribution is 2.28. The van der Waals surface area contributed by atoms with Crippen molar-refractivity contribution in [3.05, 3.63) is 11.1 Å². The lowest BCUT2D eigenvalue weighted by molar-refractivity contribution is -0.122. The second kappa shape index (κ2) is 5.27. The molecule has 1 heterocycles. The first kappa shape index (κ1) is 12.0. The van der Waals surface area contributed by atoms with Crippen molar-refractivity contribution in [1.82, 2.24) is 4.98 Å². The van der Waals surface area contributed by atoms with Crippen LogP contribution in [-0.2, 0) is 9.53 Å². The normalized spacial score (nSPS) is 15.1. The number of carbonyl (C=O) groups excluding carboxylic acids is 2. The van der Waals surface area contributed by atoms with Gasteiger partial charge in [0.05, 0.1) is 6.61 Å². The number of thiazole rings is 1. The van der Waals surface area contributed by atoms with Crippen molar-refractivity contribution in [2.75, 3.05) is 11.9 Å². The topological polar surface area (TPSA) is 68.3 Å². The summed E-state index contributed by atoms with van der Waals surface area (Å²) in [4.78, 5) is 27.0. The van der Waals surface area contributed by atoms with Crippen LogP contribution in [0.4, 0.5) is 5.13 Å². The van der Waals surface area contributed by atoms with Gasteiger partial charge in [0.1, 0.15) is 0 Å². The Morgan fingerprint density at radius 3 is 2.94 bits per heavy atom. The Labute approximate surface area is 103 Å². The van der Waals surface area contributed by atoms with Crippen LogP contribution >= 0.6 is 11.3 Å². The van der Waals surface area contributed by atoms with Crippen LogP contribution in [0.3, 0.4) is 0 Å². The number of hydrogen-bond donors (Lipinski definition) is 1. The van der Waals surface area contributed by atoms with Crippen molar-refractivity contribution in [3.63, 3.8) is 0 Å². The Bertz CT molecular complexity index is 426. The summed E-state index contributed by atoms with van der Waals surface area (Å²) in [6, 6.07) is 0. The highest BCUT2D eigenvalue weighted by Gasteiger charge is 2.26. The molecule has 0 unspecified atom stereocenters. The third kappa shape index (κ3) is 2.82. The summed E-state index contributed by atoms with van der Waals surface area (Å²) < 4.78 is 4.82. The van der Waals surface area contributed by atoms with E-state index in [2.05, 4.69) is 10.3 Å². The molecule has 17 heavy (non-hydrogen) atoms. The van der Waals surface area contributed by atoms with Crippen LogP contribution in [-0.4, -0.2) is 23.5 Å². The van der Waals surface area contributed by atoms with Crippen molar-refractivity contribution < 1.29 is 14.3 Å². The number of carbonyl (C=O) groups is 2. The number of nitrogens with zero attached hydrogens (tertiary/aromatic N) is 1. The summed E-state index contributed by atoms with van der Waals surface area (Å²) in [6.07, 6.45) is 3.01. The van der Waals surface area contributed by atoms with Crippen LogP contribution in [0.1, 0.15) is 36.7 Å². The van der Waals surface area contributed by atoms with Crippen molar-refractivity contribution in [3.8, 4) is 0 Å². The predicted octanol–water partition coefficient (Wildman–Crippen LogP) is 2.06. The van der Waals surface area contributed by atoms with Crippen LogP contribution < -0.4 is 5.32 Å². The SMILES string of the molecule is CCOC(=O)c1csc(NC(=O)C2CCC2)n1. The number of aromatic nitrogens is 1. The van der Waals surface area contributed by atoms with Gasteiger partial charge in [-0.25, -0.2) is 9.78 Å². The molecule has 1 aliphatic carbocycles. The molecule has 1 amide bonds. The van der Waals surface area contributed by atoms with Gasteiger partial charge in [-0.15, -0.1) is 11.3 Å². The monoisotopic (exact) mass is 254 g/mol. The van der Waals surface area contributed by atoms with Crippen molar-refractivity contribution in [2.45, 2.75) is 26.2 Å². The molecule has 1 aromatic heterocycles. The van der Waals surface area contributed by atoms with E-state index in [9.17, 15) is 9.59 Å². The fraction of sp³-hybridized carbons (Fsp3) is 0.545. The maximum Gasteiger partial charge on any atom is 0.357 e. The van der Waals surface area contributed by atoms with Crippen LogP contribution in [0.5, 0.6) is 0 Å². The standard InChI is InChI=1S/C11H14N2O3S/c1-2-16-10(15)8-6-17-11(12-8)13-9(14)7-4-3-5-7/h6-7H,2-5H2,1H3,(H,12,13,14). The number of amides is 1. The Morgan fingerprint density at radius 2 is 2.35 bits per heavy atom. The molecule has 5 nitrogen and oxygen atoms in total. The molecule has 1 saturated carbocycles. The van der Waals surface area contributed by atoms with Gasteiger partial charge in [0.15, 0.2) is 10.8 Å². The van der Waals surface area contributed by atoms with E-state index in [0.29, 0.717) is 11.7 Å². The molecular weight excluding hydrogens is 240 g/mol. The third-order valence-electron chi connectivity index (χ3n) is 2.69. The summed E-state index contributed by atoms with van der Waals surface area (Å²) >= 11 is 1.24. The first-order chi connectivity index (χ1) is 8.20. The molecule has 0 aromatic carbocycles. The molecule has 1 aromatic rings. The first-order valence-electron chi connectivity index (χ1n) is 5.64. The van der Waals surface area contributed by atoms with E-state index in [4.69, 9.17) is 4.74 Å². The second-order valence-corrected chi connectivity index (χ2v) is 4.73. The second-order valence-electron chi connectivity index (χ2n) is 3.88. The first-order valence-corrected chi connectivity index (χ1v) is 6.52. The van der Waals surface area contributed by atoms with Gasteiger partial charge in [-0.05, 0) is 19.8 Å². The number of hydrogen-bond acceptors (Lipinski definition) is 5. The molecule has 1 N–H and O–H groups in total. The summed E-state index contributed by atoms with van der Waals surface area (Å²) in [5.74, 6) is -0.334. The number of ether oxygens (including phenoxy) is 1. The lowest BCUT2D eigenvalue weighted by atomic mass is 9.85. The highest BCUT2D eigenvalue weighted by atomic mass is 32.1. The number of anilines is 1. The van der Waals surface area contributed by atoms with Gasteiger partial charge >= 0.3 is 5.97 Å². The van der Waals surface area contributed by atoms with Crippen LogP contribution in [0.15, 0.2) is 5.38 Å². The van der Waals surface area contributed by atoms with Crippen LogP contribution in [0.25, 0.3) is 0 Å². The van der Waals surface area contributed by atoms with E-state index < -0.39 is 5.97 Å².